The van der Waals surface area contributed by atoms with Crippen LogP contribution in [0.15, 0.2) is 36.5 Å². The highest BCUT2D eigenvalue weighted by molar-refractivity contribution is 7.16. The highest BCUT2D eigenvalue weighted by Gasteiger charge is 2.33. The second kappa shape index (κ2) is 6.91. The van der Waals surface area contributed by atoms with Crippen LogP contribution in [0, 0.1) is 6.92 Å². The van der Waals surface area contributed by atoms with E-state index >= 15 is 0 Å². The van der Waals surface area contributed by atoms with Crippen molar-refractivity contribution >= 4 is 22.2 Å². The van der Waals surface area contributed by atoms with Crippen LogP contribution in [0.1, 0.15) is 32.3 Å². The Balaban J connectivity index is 1.82. The zero-order valence-electron chi connectivity index (χ0n) is 14.0. The van der Waals surface area contributed by atoms with Gasteiger partial charge >= 0.3 is 6.18 Å². The van der Waals surface area contributed by atoms with Crippen molar-refractivity contribution in [2.75, 3.05) is 5.32 Å². The van der Waals surface area contributed by atoms with Crippen molar-refractivity contribution in [2.45, 2.75) is 19.5 Å². The summed E-state index contributed by atoms with van der Waals surface area (Å²) < 4.78 is 40.8. The summed E-state index contributed by atoms with van der Waals surface area (Å²) in [4.78, 5) is 16.6. The van der Waals surface area contributed by atoms with Gasteiger partial charge in [-0.3, -0.25) is 9.48 Å². The van der Waals surface area contributed by atoms with E-state index in [2.05, 4.69) is 15.4 Å². The monoisotopic (exact) mass is 380 g/mol. The van der Waals surface area contributed by atoms with Gasteiger partial charge in [-0.15, -0.1) is 11.3 Å². The number of halogens is 3. The lowest BCUT2D eigenvalue weighted by Gasteiger charge is -2.11. The summed E-state index contributed by atoms with van der Waals surface area (Å²) >= 11 is 1.17. The molecule has 136 valence electrons. The van der Waals surface area contributed by atoms with Crippen molar-refractivity contribution in [1.82, 2.24) is 14.8 Å². The number of nitrogens with zero attached hydrogens (tertiary/aromatic N) is 3. The maximum absolute atomic E-state index is 13.1. The predicted octanol–water partition coefficient (Wildman–Crippen LogP) is 4.05. The number of carbonyl (C=O) groups is 1. The summed E-state index contributed by atoms with van der Waals surface area (Å²) in [6, 6.07) is 7.00. The lowest BCUT2D eigenvalue weighted by molar-refractivity contribution is -0.138. The van der Waals surface area contributed by atoms with Crippen molar-refractivity contribution in [1.29, 1.82) is 0 Å². The minimum atomic E-state index is -4.42. The summed E-state index contributed by atoms with van der Waals surface area (Å²) in [6.07, 6.45) is -2.86. The molecule has 2 heterocycles. The second-order valence-corrected chi connectivity index (χ2v) is 6.73. The van der Waals surface area contributed by atoms with Crippen LogP contribution in [0.4, 0.5) is 18.2 Å². The highest BCUT2D eigenvalue weighted by Crippen LogP contribution is 2.34. The first kappa shape index (κ1) is 18.1. The number of amides is 1. The molecule has 0 bridgehead atoms. The van der Waals surface area contributed by atoms with E-state index in [1.165, 1.54) is 34.3 Å². The van der Waals surface area contributed by atoms with Gasteiger partial charge in [-0.25, -0.2) is 4.98 Å². The minimum Gasteiger partial charge on any atom is -0.311 e. The summed E-state index contributed by atoms with van der Waals surface area (Å²) in [5.41, 5.74) is 0.415. The van der Waals surface area contributed by atoms with Crippen LogP contribution < -0.4 is 5.32 Å². The zero-order chi connectivity index (χ0) is 18.9. The number of carbonyl (C=O) groups excluding carboxylic acids is 1. The Labute approximate surface area is 151 Å². The molecule has 0 aliphatic rings. The van der Waals surface area contributed by atoms with Gasteiger partial charge in [-0.2, -0.15) is 18.3 Å². The molecule has 5 nitrogen and oxygen atoms in total. The molecule has 1 N–H and O–H groups in total. The quantitative estimate of drug-likeness (QED) is 0.743. The van der Waals surface area contributed by atoms with E-state index in [0.717, 1.165) is 6.07 Å². The van der Waals surface area contributed by atoms with Gasteiger partial charge in [-0.1, -0.05) is 18.2 Å². The van der Waals surface area contributed by atoms with E-state index in [-0.39, 0.29) is 17.9 Å². The molecule has 0 unspecified atom stereocenters. The van der Waals surface area contributed by atoms with Gasteiger partial charge in [0, 0.05) is 19.7 Å². The van der Waals surface area contributed by atoms with Crippen molar-refractivity contribution in [3.05, 3.63) is 64.1 Å². The van der Waals surface area contributed by atoms with E-state index in [1.54, 1.807) is 26.1 Å². The molecule has 9 heteroatoms. The van der Waals surface area contributed by atoms with Crippen molar-refractivity contribution in [3.63, 3.8) is 0 Å². The topological polar surface area (TPSA) is 59.8 Å². The number of anilines is 1. The van der Waals surface area contributed by atoms with Gasteiger partial charge in [0.05, 0.1) is 16.3 Å². The largest absolute Gasteiger partial charge is 0.416 e. The van der Waals surface area contributed by atoms with Gasteiger partial charge in [-0.05, 0) is 24.6 Å². The molecule has 1 amide bonds. The number of thiazole rings is 1. The summed E-state index contributed by atoms with van der Waals surface area (Å²) in [6.45, 7) is 1.70. The number of aryl methyl sites for hydroxylation is 2. The van der Waals surface area contributed by atoms with E-state index in [9.17, 15) is 18.0 Å². The summed E-state index contributed by atoms with van der Waals surface area (Å²) in [5.74, 6) is -0.348. The Bertz CT molecular complexity index is 946. The Morgan fingerprint density at radius 3 is 2.65 bits per heavy atom. The fourth-order valence-electron chi connectivity index (χ4n) is 2.52. The molecule has 0 fully saturated rings. The molecule has 0 saturated carbocycles. The fraction of sp³-hybridized carbons (Fsp3) is 0.235. The molecule has 0 atom stereocenters. The van der Waals surface area contributed by atoms with Crippen LogP contribution in [-0.2, 0) is 19.6 Å². The Morgan fingerprint density at radius 1 is 1.27 bits per heavy atom. The van der Waals surface area contributed by atoms with Crippen LogP contribution in [0.2, 0.25) is 0 Å². The van der Waals surface area contributed by atoms with Crippen molar-refractivity contribution < 1.29 is 18.0 Å². The number of aromatic nitrogens is 3. The standard InChI is InChI=1S/C17H15F3N4OS/c1-10-16(23-15(25)13-7-8-21-24(13)2)26-14(22-10)9-11-5-3-4-6-12(11)17(18,19)20/h3-8H,9H2,1-2H3,(H,23,25). The molecule has 2 aromatic heterocycles. The van der Waals surface area contributed by atoms with Gasteiger partial charge in [0.1, 0.15) is 10.7 Å². The van der Waals surface area contributed by atoms with Crippen LogP contribution in [-0.4, -0.2) is 20.7 Å². The lowest BCUT2D eigenvalue weighted by Crippen LogP contribution is -2.15. The van der Waals surface area contributed by atoms with Gasteiger partial charge in [0.2, 0.25) is 0 Å². The zero-order valence-corrected chi connectivity index (χ0v) is 14.8. The normalized spacial score (nSPS) is 11.6. The smallest absolute Gasteiger partial charge is 0.311 e. The third-order valence-corrected chi connectivity index (χ3v) is 4.86. The lowest BCUT2D eigenvalue weighted by atomic mass is 10.0. The first-order chi connectivity index (χ1) is 12.3. The van der Waals surface area contributed by atoms with E-state index in [0.29, 0.717) is 21.4 Å². The van der Waals surface area contributed by atoms with E-state index < -0.39 is 11.7 Å². The van der Waals surface area contributed by atoms with Gasteiger partial charge < -0.3 is 5.32 Å². The third kappa shape index (κ3) is 3.77. The maximum atomic E-state index is 13.1. The van der Waals surface area contributed by atoms with Crippen LogP contribution in [0.25, 0.3) is 0 Å². The fourth-order valence-corrected chi connectivity index (χ4v) is 3.50. The molecular formula is C17H15F3N4OS. The molecule has 0 radical (unpaired) electrons. The van der Waals surface area contributed by atoms with Crippen LogP contribution in [0.5, 0.6) is 0 Å². The number of nitrogens with one attached hydrogen (secondary N) is 1. The van der Waals surface area contributed by atoms with Crippen LogP contribution >= 0.6 is 11.3 Å². The Hall–Kier alpha value is -2.68. The molecule has 1 aromatic carbocycles. The molecule has 0 aliphatic heterocycles. The molecular weight excluding hydrogens is 365 g/mol. The third-order valence-electron chi connectivity index (χ3n) is 3.79. The Morgan fingerprint density at radius 2 is 2.00 bits per heavy atom. The molecule has 0 spiro atoms. The molecule has 3 rings (SSSR count). The minimum absolute atomic E-state index is 0.0444. The number of benzene rings is 1. The first-order valence-corrected chi connectivity index (χ1v) is 8.48. The summed E-state index contributed by atoms with van der Waals surface area (Å²) in [7, 11) is 1.65. The van der Waals surface area contributed by atoms with E-state index in [1.807, 2.05) is 0 Å². The SMILES string of the molecule is Cc1nc(Cc2ccccc2C(F)(F)F)sc1NC(=O)c1ccnn1C. The van der Waals surface area contributed by atoms with Crippen molar-refractivity contribution in [2.24, 2.45) is 7.05 Å². The molecule has 0 aliphatic carbocycles. The van der Waals surface area contributed by atoms with Gasteiger partial charge in [0.15, 0.2) is 0 Å². The first-order valence-electron chi connectivity index (χ1n) is 7.66. The number of alkyl halides is 3. The molecule has 0 saturated heterocycles. The average Bonchev–Trinajstić information content (AvgIpc) is 3.13. The maximum Gasteiger partial charge on any atom is 0.416 e. The number of rotatable bonds is 4. The highest BCUT2D eigenvalue weighted by atomic mass is 32.1. The molecule has 26 heavy (non-hydrogen) atoms. The average molecular weight is 380 g/mol. The van der Waals surface area contributed by atoms with E-state index in [4.69, 9.17) is 0 Å². The predicted molar refractivity (Wildman–Crippen MR) is 92.3 cm³/mol. The van der Waals surface area contributed by atoms with Crippen molar-refractivity contribution in [3.8, 4) is 0 Å². The number of hydrogen-bond acceptors (Lipinski definition) is 4. The second-order valence-electron chi connectivity index (χ2n) is 5.65. The van der Waals surface area contributed by atoms with Gasteiger partial charge in [0.25, 0.3) is 5.91 Å². The Kier molecular flexibility index (Phi) is 4.82. The number of hydrogen-bond donors (Lipinski definition) is 1. The molecule has 3 aromatic rings. The van der Waals surface area contributed by atoms with Crippen LogP contribution in [0.3, 0.4) is 0 Å². The summed E-state index contributed by atoms with van der Waals surface area (Å²) in [5, 5.41) is 7.68.